The maximum atomic E-state index is 13.0. The Morgan fingerprint density at radius 3 is 2.88 bits per heavy atom. The Hall–Kier alpha value is -0.930. The smallest absolute Gasteiger partial charge is 0.123 e. The molecule has 1 aromatic rings. The Kier molecular flexibility index (Phi) is 3.56. The number of hydrogen-bond donors (Lipinski definition) is 1. The molecule has 0 heterocycles. The van der Waals surface area contributed by atoms with E-state index in [9.17, 15) is 9.50 Å². The number of benzene rings is 1. The zero-order valence-electron chi connectivity index (χ0n) is 9.56. The molecule has 0 spiro atoms. The number of likely N-dealkylation sites (N-methyl/N-ethyl adjacent to an activating group) is 1. The summed E-state index contributed by atoms with van der Waals surface area (Å²) >= 11 is 0. The second kappa shape index (κ2) is 4.93. The lowest BCUT2D eigenvalue weighted by Crippen LogP contribution is -2.36. The lowest BCUT2D eigenvalue weighted by atomic mass is 10.1. The van der Waals surface area contributed by atoms with Gasteiger partial charge in [0.05, 0.1) is 6.10 Å². The molecule has 0 amide bonds. The number of rotatable bonds is 3. The molecule has 0 aliphatic heterocycles. The molecule has 2 atom stereocenters. The Morgan fingerprint density at radius 1 is 1.44 bits per heavy atom. The van der Waals surface area contributed by atoms with Crippen LogP contribution in [0.4, 0.5) is 4.39 Å². The standard InChI is InChI=1S/C13H18FNO/c1-15(12-6-3-7-13(12)16)9-10-4-2-5-11(14)8-10/h2,4-5,8,12-13,16H,3,6-7,9H2,1H3/t12-,13-/m0/s1. The highest BCUT2D eigenvalue weighted by Crippen LogP contribution is 2.24. The summed E-state index contributed by atoms with van der Waals surface area (Å²) in [6, 6.07) is 6.87. The highest BCUT2D eigenvalue weighted by atomic mass is 19.1. The first-order valence-electron chi connectivity index (χ1n) is 5.79. The molecule has 88 valence electrons. The van der Waals surface area contributed by atoms with Crippen molar-refractivity contribution in [2.75, 3.05) is 7.05 Å². The van der Waals surface area contributed by atoms with Crippen molar-refractivity contribution in [2.45, 2.75) is 38.0 Å². The van der Waals surface area contributed by atoms with Crippen molar-refractivity contribution in [3.05, 3.63) is 35.6 Å². The molecular formula is C13H18FNO. The summed E-state index contributed by atoms with van der Waals surface area (Å²) < 4.78 is 13.0. The van der Waals surface area contributed by atoms with E-state index in [-0.39, 0.29) is 18.0 Å². The molecule has 0 saturated heterocycles. The molecule has 1 fully saturated rings. The second-order valence-corrected chi connectivity index (χ2v) is 4.61. The fraction of sp³-hybridized carbons (Fsp3) is 0.538. The van der Waals surface area contributed by atoms with E-state index in [4.69, 9.17) is 0 Å². The first kappa shape index (κ1) is 11.6. The van der Waals surface area contributed by atoms with Gasteiger partial charge < -0.3 is 5.11 Å². The fourth-order valence-electron chi connectivity index (χ4n) is 2.48. The van der Waals surface area contributed by atoms with Crippen LogP contribution in [0.15, 0.2) is 24.3 Å². The average Bonchev–Trinajstić information content (AvgIpc) is 2.64. The van der Waals surface area contributed by atoms with Crippen LogP contribution in [0.3, 0.4) is 0 Å². The molecule has 2 nitrogen and oxygen atoms in total. The van der Waals surface area contributed by atoms with Crippen molar-refractivity contribution >= 4 is 0 Å². The zero-order chi connectivity index (χ0) is 11.5. The van der Waals surface area contributed by atoms with Crippen molar-refractivity contribution in [1.29, 1.82) is 0 Å². The Bertz CT molecular complexity index is 356. The van der Waals surface area contributed by atoms with E-state index in [1.54, 1.807) is 12.1 Å². The van der Waals surface area contributed by atoms with Crippen molar-refractivity contribution in [1.82, 2.24) is 4.90 Å². The lowest BCUT2D eigenvalue weighted by molar-refractivity contribution is 0.0824. The molecule has 1 N–H and O–H groups in total. The van der Waals surface area contributed by atoms with Gasteiger partial charge in [0, 0.05) is 12.6 Å². The van der Waals surface area contributed by atoms with Gasteiger partial charge in [-0.3, -0.25) is 4.90 Å². The molecule has 16 heavy (non-hydrogen) atoms. The molecular weight excluding hydrogens is 205 g/mol. The largest absolute Gasteiger partial charge is 0.391 e. The Morgan fingerprint density at radius 2 is 2.25 bits per heavy atom. The van der Waals surface area contributed by atoms with Crippen molar-refractivity contribution < 1.29 is 9.50 Å². The highest BCUT2D eigenvalue weighted by Gasteiger charge is 2.28. The quantitative estimate of drug-likeness (QED) is 0.849. The monoisotopic (exact) mass is 223 g/mol. The summed E-state index contributed by atoms with van der Waals surface area (Å²) in [6.07, 6.45) is 2.78. The van der Waals surface area contributed by atoms with Gasteiger partial charge in [0.15, 0.2) is 0 Å². The average molecular weight is 223 g/mol. The maximum absolute atomic E-state index is 13.0. The van der Waals surface area contributed by atoms with Gasteiger partial charge >= 0.3 is 0 Å². The van der Waals surface area contributed by atoms with Crippen LogP contribution in [0, 0.1) is 5.82 Å². The minimum Gasteiger partial charge on any atom is -0.391 e. The fourth-order valence-corrected chi connectivity index (χ4v) is 2.48. The number of hydrogen-bond acceptors (Lipinski definition) is 2. The third-order valence-corrected chi connectivity index (χ3v) is 3.33. The first-order chi connectivity index (χ1) is 7.66. The lowest BCUT2D eigenvalue weighted by Gasteiger charge is -2.26. The second-order valence-electron chi connectivity index (χ2n) is 4.61. The zero-order valence-corrected chi connectivity index (χ0v) is 9.56. The topological polar surface area (TPSA) is 23.5 Å². The molecule has 1 saturated carbocycles. The molecule has 1 aliphatic carbocycles. The molecule has 0 unspecified atom stereocenters. The van der Waals surface area contributed by atoms with Crippen LogP contribution in [0.2, 0.25) is 0 Å². The van der Waals surface area contributed by atoms with E-state index in [0.29, 0.717) is 6.54 Å². The van der Waals surface area contributed by atoms with Crippen molar-refractivity contribution in [3.8, 4) is 0 Å². The minimum absolute atomic E-state index is 0.196. The van der Waals surface area contributed by atoms with Crippen molar-refractivity contribution in [3.63, 3.8) is 0 Å². The number of halogens is 1. The number of aliphatic hydroxyl groups excluding tert-OH is 1. The van der Waals surface area contributed by atoms with E-state index < -0.39 is 0 Å². The summed E-state index contributed by atoms with van der Waals surface area (Å²) in [5.74, 6) is -0.196. The van der Waals surface area contributed by atoms with E-state index in [0.717, 1.165) is 24.8 Å². The van der Waals surface area contributed by atoms with E-state index in [1.165, 1.54) is 6.07 Å². The number of aliphatic hydroxyl groups is 1. The third-order valence-electron chi connectivity index (χ3n) is 3.33. The van der Waals surface area contributed by atoms with E-state index in [1.807, 2.05) is 13.1 Å². The van der Waals surface area contributed by atoms with Crippen LogP contribution in [0.25, 0.3) is 0 Å². The summed E-state index contributed by atoms with van der Waals surface area (Å²) in [6.45, 7) is 0.694. The van der Waals surface area contributed by atoms with Gasteiger partial charge in [0.1, 0.15) is 5.82 Å². The predicted molar refractivity (Wildman–Crippen MR) is 61.5 cm³/mol. The minimum atomic E-state index is -0.224. The van der Waals surface area contributed by atoms with Gasteiger partial charge in [-0.1, -0.05) is 12.1 Å². The van der Waals surface area contributed by atoms with Gasteiger partial charge in [-0.05, 0) is 44.0 Å². The van der Waals surface area contributed by atoms with Crippen LogP contribution in [-0.2, 0) is 6.54 Å². The first-order valence-corrected chi connectivity index (χ1v) is 5.79. The van der Waals surface area contributed by atoms with Gasteiger partial charge in [0.2, 0.25) is 0 Å². The van der Waals surface area contributed by atoms with Gasteiger partial charge in [-0.25, -0.2) is 4.39 Å². The highest BCUT2D eigenvalue weighted by molar-refractivity contribution is 5.16. The Balaban J connectivity index is 1.99. The summed E-state index contributed by atoms with van der Waals surface area (Å²) in [4.78, 5) is 2.12. The summed E-state index contributed by atoms with van der Waals surface area (Å²) in [5, 5.41) is 9.78. The van der Waals surface area contributed by atoms with Crippen LogP contribution in [0.1, 0.15) is 24.8 Å². The van der Waals surface area contributed by atoms with E-state index in [2.05, 4.69) is 4.90 Å². The molecule has 0 bridgehead atoms. The van der Waals surface area contributed by atoms with Crippen LogP contribution >= 0.6 is 0 Å². The van der Waals surface area contributed by atoms with Crippen LogP contribution in [0.5, 0.6) is 0 Å². The summed E-state index contributed by atoms with van der Waals surface area (Å²) in [5.41, 5.74) is 0.960. The molecule has 1 aromatic carbocycles. The third kappa shape index (κ3) is 2.60. The Labute approximate surface area is 95.7 Å². The molecule has 1 aliphatic rings. The van der Waals surface area contributed by atoms with Crippen molar-refractivity contribution in [2.24, 2.45) is 0 Å². The van der Waals surface area contributed by atoms with Crippen LogP contribution < -0.4 is 0 Å². The molecule has 0 radical (unpaired) electrons. The molecule has 0 aromatic heterocycles. The van der Waals surface area contributed by atoms with E-state index >= 15 is 0 Å². The van der Waals surface area contributed by atoms with Crippen LogP contribution in [-0.4, -0.2) is 29.2 Å². The molecule has 3 heteroatoms. The summed E-state index contributed by atoms with van der Waals surface area (Å²) in [7, 11) is 1.99. The number of nitrogens with zero attached hydrogens (tertiary/aromatic N) is 1. The molecule has 2 rings (SSSR count). The van der Waals surface area contributed by atoms with Gasteiger partial charge in [-0.2, -0.15) is 0 Å². The maximum Gasteiger partial charge on any atom is 0.123 e. The van der Waals surface area contributed by atoms with Gasteiger partial charge in [-0.15, -0.1) is 0 Å². The normalized spacial score (nSPS) is 25.2. The van der Waals surface area contributed by atoms with Gasteiger partial charge in [0.25, 0.3) is 0 Å². The predicted octanol–water partition coefficient (Wildman–Crippen LogP) is 2.17. The SMILES string of the molecule is CN(Cc1cccc(F)c1)[C@H]1CCC[C@@H]1O.